The Balaban J connectivity index is 2.36. The van der Waals surface area contributed by atoms with Gasteiger partial charge in [0.15, 0.2) is 0 Å². The van der Waals surface area contributed by atoms with E-state index in [2.05, 4.69) is 17.2 Å². The van der Waals surface area contributed by atoms with Gasteiger partial charge < -0.3 is 15.5 Å². The summed E-state index contributed by atoms with van der Waals surface area (Å²) in [6.07, 6.45) is -0.650. The Kier molecular flexibility index (Phi) is 6.74. The van der Waals surface area contributed by atoms with Crippen molar-refractivity contribution in [2.75, 3.05) is 25.5 Å². The fourth-order valence-corrected chi connectivity index (χ4v) is 3.49. The number of nitrogens with zero attached hydrogens (tertiary/aromatic N) is 1. The molecule has 2 amide bonds. The monoisotopic (exact) mass is 397 g/mol. The maximum absolute atomic E-state index is 13.4. The molecule has 1 aliphatic carbocycles. The fraction of sp³-hybridized carbons (Fsp3) is 0.500. The summed E-state index contributed by atoms with van der Waals surface area (Å²) in [6, 6.07) is 2.12. The van der Waals surface area contributed by atoms with Gasteiger partial charge in [0.1, 0.15) is 0 Å². The van der Waals surface area contributed by atoms with Crippen molar-refractivity contribution in [3.8, 4) is 0 Å². The summed E-state index contributed by atoms with van der Waals surface area (Å²) in [7, 11) is 3.20. The smallest absolute Gasteiger partial charge is 0.371 e. The van der Waals surface area contributed by atoms with Crippen LogP contribution in [0.3, 0.4) is 0 Å². The lowest BCUT2D eigenvalue weighted by molar-refractivity contribution is -0.137. The van der Waals surface area contributed by atoms with Crippen molar-refractivity contribution in [2.24, 2.45) is 0 Å². The van der Waals surface area contributed by atoms with Gasteiger partial charge in [0.05, 0.1) is 5.56 Å². The van der Waals surface area contributed by atoms with Crippen LogP contribution in [0.2, 0.25) is 0 Å². The molecule has 1 aromatic carbocycles. The Hall–Kier alpha value is -2.51. The molecule has 0 aliphatic heterocycles. The van der Waals surface area contributed by atoms with Crippen LogP contribution in [0.25, 0.3) is 0 Å². The van der Waals surface area contributed by atoms with Crippen molar-refractivity contribution >= 4 is 17.5 Å². The standard InChI is InChI=1S/C20H26F3N3O2/c1-12(18(27)24-3)11-25-19(28)16-9-14(20(21,22)23)10-17(13(16)2)26(4)15-7-5-6-8-15/h9-10,15H,1,5-8,11H2,2-4H3,(H,24,27)(H,25,28). The highest BCUT2D eigenvalue weighted by Gasteiger charge is 2.34. The largest absolute Gasteiger partial charge is 0.416 e. The zero-order valence-corrected chi connectivity index (χ0v) is 16.4. The highest BCUT2D eigenvalue weighted by atomic mass is 19.4. The van der Waals surface area contributed by atoms with E-state index >= 15 is 0 Å². The second kappa shape index (κ2) is 8.67. The molecular weight excluding hydrogens is 371 g/mol. The number of hydrogen-bond donors (Lipinski definition) is 2. The Labute approximate surface area is 163 Å². The van der Waals surface area contributed by atoms with Gasteiger partial charge in [0.2, 0.25) is 5.91 Å². The molecular formula is C20H26F3N3O2. The third-order valence-electron chi connectivity index (χ3n) is 5.22. The molecule has 0 atom stereocenters. The van der Waals surface area contributed by atoms with Gasteiger partial charge in [-0.1, -0.05) is 19.4 Å². The predicted molar refractivity (Wildman–Crippen MR) is 102 cm³/mol. The van der Waals surface area contributed by atoms with Gasteiger partial charge in [-0.05, 0) is 37.5 Å². The molecule has 0 radical (unpaired) electrons. The summed E-state index contributed by atoms with van der Waals surface area (Å²) in [5.41, 5.74) is 0.0684. The van der Waals surface area contributed by atoms with Gasteiger partial charge >= 0.3 is 6.18 Å². The van der Waals surface area contributed by atoms with Crippen molar-refractivity contribution in [3.63, 3.8) is 0 Å². The van der Waals surface area contributed by atoms with Crippen molar-refractivity contribution < 1.29 is 22.8 Å². The number of carbonyl (C=O) groups is 2. The minimum atomic E-state index is -4.57. The molecule has 8 heteroatoms. The molecule has 0 bridgehead atoms. The van der Waals surface area contributed by atoms with Gasteiger partial charge in [0.25, 0.3) is 5.91 Å². The second-order valence-electron chi connectivity index (χ2n) is 7.08. The molecule has 0 unspecified atom stereocenters. The Morgan fingerprint density at radius 1 is 1.25 bits per heavy atom. The van der Waals surface area contributed by atoms with Crippen LogP contribution in [0.15, 0.2) is 24.3 Å². The first-order valence-electron chi connectivity index (χ1n) is 9.19. The number of likely N-dealkylation sites (N-methyl/N-ethyl adjacent to an activating group) is 1. The number of amides is 2. The second-order valence-corrected chi connectivity index (χ2v) is 7.08. The fourth-order valence-electron chi connectivity index (χ4n) is 3.49. The molecule has 154 valence electrons. The molecule has 1 saturated carbocycles. The summed E-state index contributed by atoms with van der Waals surface area (Å²) in [6.45, 7) is 5.04. The van der Waals surface area contributed by atoms with Crippen LogP contribution in [-0.2, 0) is 11.0 Å². The van der Waals surface area contributed by atoms with Crippen molar-refractivity contribution in [1.82, 2.24) is 10.6 Å². The zero-order chi connectivity index (χ0) is 21.1. The van der Waals surface area contributed by atoms with Crippen LogP contribution in [0.5, 0.6) is 0 Å². The molecule has 1 aromatic rings. The first kappa shape index (κ1) is 21.8. The normalized spacial score (nSPS) is 14.6. The molecule has 1 fully saturated rings. The van der Waals surface area contributed by atoms with E-state index in [1.165, 1.54) is 7.05 Å². The molecule has 5 nitrogen and oxygen atoms in total. The van der Waals surface area contributed by atoms with Crippen molar-refractivity contribution in [1.29, 1.82) is 0 Å². The average molecular weight is 397 g/mol. The van der Waals surface area contributed by atoms with E-state index in [0.29, 0.717) is 11.3 Å². The van der Waals surface area contributed by atoms with E-state index in [9.17, 15) is 22.8 Å². The molecule has 0 aromatic heterocycles. The highest BCUT2D eigenvalue weighted by Crippen LogP contribution is 2.37. The lowest BCUT2D eigenvalue weighted by Crippen LogP contribution is -2.33. The molecule has 1 aliphatic rings. The van der Waals surface area contributed by atoms with Crippen LogP contribution < -0.4 is 15.5 Å². The average Bonchev–Trinajstić information content (AvgIpc) is 3.18. The quantitative estimate of drug-likeness (QED) is 0.723. The number of halogens is 3. The molecule has 2 N–H and O–H groups in total. The van der Waals surface area contributed by atoms with Crippen LogP contribution in [0.4, 0.5) is 18.9 Å². The van der Waals surface area contributed by atoms with Gasteiger partial charge in [-0.2, -0.15) is 13.2 Å². The van der Waals surface area contributed by atoms with Crippen molar-refractivity contribution in [3.05, 3.63) is 41.0 Å². The number of anilines is 1. The maximum Gasteiger partial charge on any atom is 0.416 e. The van der Waals surface area contributed by atoms with Crippen LogP contribution in [0.1, 0.15) is 47.2 Å². The Morgan fingerprint density at radius 3 is 2.39 bits per heavy atom. The van der Waals surface area contributed by atoms with Gasteiger partial charge in [-0.15, -0.1) is 0 Å². The van der Waals surface area contributed by atoms with E-state index in [-0.39, 0.29) is 23.7 Å². The highest BCUT2D eigenvalue weighted by molar-refractivity contribution is 5.99. The summed E-state index contributed by atoms with van der Waals surface area (Å²) < 4.78 is 40.3. The maximum atomic E-state index is 13.4. The lowest BCUT2D eigenvalue weighted by Gasteiger charge is -2.29. The third-order valence-corrected chi connectivity index (χ3v) is 5.22. The molecule has 0 saturated heterocycles. The lowest BCUT2D eigenvalue weighted by atomic mass is 9.99. The van der Waals surface area contributed by atoms with Gasteiger partial charge in [-0.25, -0.2) is 0 Å². The SMILES string of the molecule is C=C(CNC(=O)c1cc(C(F)(F)F)cc(N(C)C2CCCC2)c1C)C(=O)NC. The molecule has 0 heterocycles. The number of alkyl halides is 3. The summed E-state index contributed by atoms with van der Waals surface area (Å²) >= 11 is 0. The Morgan fingerprint density at radius 2 is 1.86 bits per heavy atom. The first-order chi connectivity index (χ1) is 13.1. The number of benzene rings is 1. The van der Waals surface area contributed by atoms with Crippen molar-refractivity contribution in [2.45, 2.75) is 44.8 Å². The minimum Gasteiger partial charge on any atom is -0.371 e. The molecule has 0 spiro atoms. The van der Waals surface area contributed by atoms with E-state index in [0.717, 1.165) is 37.8 Å². The third kappa shape index (κ3) is 4.85. The summed E-state index contributed by atoms with van der Waals surface area (Å²) in [4.78, 5) is 25.9. The minimum absolute atomic E-state index is 0.0561. The number of rotatable bonds is 6. The summed E-state index contributed by atoms with van der Waals surface area (Å²) in [5, 5.41) is 4.86. The van der Waals surface area contributed by atoms with Gasteiger partial charge in [0, 0.05) is 43.5 Å². The van der Waals surface area contributed by atoms with Gasteiger partial charge in [-0.3, -0.25) is 9.59 Å². The summed E-state index contributed by atoms with van der Waals surface area (Å²) in [5.74, 6) is -1.11. The predicted octanol–water partition coefficient (Wildman–Crippen LogP) is 3.42. The zero-order valence-electron chi connectivity index (χ0n) is 16.4. The number of hydrogen-bond acceptors (Lipinski definition) is 3. The topological polar surface area (TPSA) is 61.4 Å². The molecule has 28 heavy (non-hydrogen) atoms. The Bertz CT molecular complexity index is 769. The molecule has 2 rings (SSSR count). The van der Waals surface area contributed by atoms with Crippen LogP contribution >= 0.6 is 0 Å². The van der Waals surface area contributed by atoms with Crippen LogP contribution in [0, 0.1) is 6.92 Å². The van der Waals surface area contributed by atoms with E-state index in [4.69, 9.17) is 0 Å². The van der Waals surface area contributed by atoms with Crippen LogP contribution in [-0.4, -0.2) is 38.5 Å². The number of nitrogens with one attached hydrogen (secondary N) is 2. The van der Waals surface area contributed by atoms with E-state index in [1.54, 1.807) is 14.0 Å². The van der Waals surface area contributed by atoms with E-state index in [1.807, 2.05) is 4.90 Å². The number of carbonyl (C=O) groups excluding carboxylic acids is 2. The first-order valence-corrected chi connectivity index (χ1v) is 9.19. The van der Waals surface area contributed by atoms with E-state index < -0.39 is 23.6 Å².